The van der Waals surface area contributed by atoms with Crippen LogP contribution >= 0.6 is 0 Å². The lowest BCUT2D eigenvalue weighted by Gasteiger charge is -2.32. The zero-order valence-electron chi connectivity index (χ0n) is 17.7. The minimum atomic E-state index is -0.743. The average Bonchev–Trinajstić information content (AvgIpc) is 2.79. The van der Waals surface area contributed by atoms with E-state index in [1.165, 1.54) is 56.2 Å². The van der Waals surface area contributed by atoms with Gasteiger partial charge in [0.25, 0.3) is 0 Å². The van der Waals surface area contributed by atoms with Gasteiger partial charge in [0.05, 0.1) is 6.10 Å². The van der Waals surface area contributed by atoms with Crippen LogP contribution in [0.3, 0.4) is 0 Å². The molecule has 0 atom stereocenters. The summed E-state index contributed by atoms with van der Waals surface area (Å²) < 4.78 is 32.1. The van der Waals surface area contributed by atoms with Crippen molar-refractivity contribution in [1.29, 1.82) is 5.26 Å². The summed E-state index contributed by atoms with van der Waals surface area (Å²) in [5, 5.41) is 8.36. The highest BCUT2D eigenvalue weighted by molar-refractivity contribution is 5.21. The van der Waals surface area contributed by atoms with Crippen molar-refractivity contribution >= 4 is 0 Å². The molecule has 0 unspecified atom stereocenters. The molecule has 0 heterocycles. The van der Waals surface area contributed by atoms with Crippen molar-refractivity contribution in [2.45, 2.75) is 76.2 Å². The molecule has 4 heteroatoms. The number of ether oxygens (including phenoxy) is 1. The molecule has 2 nitrogen and oxygen atoms in total. The largest absolute Gasteiger partial charge is 0.378 e. The summed E-state index contributed by atoms with van der Waals surface area (Å²) >= 11 is 0. The lowest BCUT2D eigenvalue weighted by atomic mass is 9.79. The Bertz CT molecular complexity index is 733. The number of hydrogen-bond acceptors (Lipinski definition) is 2. The number of hydrogen-bond donors (Lipinski definition) is 0. The van der Waals surface area contributed by atoms with Crippen LogP contribution in [0.5, 0.6) is 0 Å². The summed E-state index contributed by atoms with van der Waals surface area (Å²) in [6, 6.07) is 8.49. The van der Waals surface area contributed by atoms with Crippen LogP contribution in [-0.2, 0) is 4.74 Å². The molecule has 162 valence electrons. The van der Waals surface area contributed by atoms with Gasteiger partial charge in [-0.05, 0) is 106 Å². The molecule has 2 saturated carbocycles. The molecule has 0 saturated heterocycles. The maximum atomic E-state index is 13.1. The summed E-state index contributed by atoms with van der Waals surface area (Å²) in [5.74, 6) is 1.05. The Balaban J connectivity index is 1.27. The van der Waals surface area contributed by atoms with Crippen LogP contribution in [0, 0.1) is 29.0 Å². The molecular weight excluding hydrogens is 380 g/mol. The third-order valence-corrected chi connectivity index (χ3v) is 6.78. The third kappa shape index (κ3) is 7.36. The van der Waals surface area contributed by atoms with E-state index in [4.69, 9.17) is 10.00 Å². The van der Waals surface area contributed by atoms with Gasteiger partial charge in [-0.25, -0.2) is 4.39 Å². The van der Waals surface area contributed by atoms with E-state index in [0.717, 1.165) is 38.2 Å². The van der Waals surface area contributed by atoms with E-state index in [-0.39, 0.29) is 5.82 Å². The summed E-state index contributed by atoms with van der Waals surface area (Å²) in [4.78, 5) is 0. The zero-order chi connectivity index (χ0) is 21.2. The molecule has 2 aliphatic rings. The van der Waals surface area contributed by atoms with Crippen molar-refractivity contribution in [3.05, 3.63) is 59.7 Å². The zero-order valence-corrected chi connectivity index (χ0v) is 17.7. The molecule has 2 fully saturated rings. The van der Waals surface area contributed by atoms with Crippen molar-refractivity contribution in [3.8, 4) is 6.07 Å². The summed E-state index contributed by atoms with van der Waals surface area (Å²) in [5.41, 5.74) is 1.27. The van der Waals surface area contributed by atoms with Crippen molar-refractivity contribution in [1.82, 2.24) is 0 Å². The Morgan fingerprint density at radius 1 is 1.00 bits per heavy atom. The minimum Gasteiger partial charge on any atom is -0.378 e. The van der Waals surface area contributed by atoms with Crippen LogP contribution in [0.1, 0.15) is 75.7 Å². The Hall–Kier alpha value is -1.99. The number of benzene rings is 1. The molecule has 0 spiro atoms. The highest BCUT2D eigenvalue weighted by Gasteiger charge is 2.25. The first kappa shape index (κ1) is 22.7. The Morgan fingerprint density at radius 3 is 2.33 bits per heavy atom. The fourth-order valence-electron chi connectivity index (χ4n) is 4.87. The van der Waals surface area contributed by atoms with Gasteiger partial charge in [-0.1, -0.05) is 24.3 Å². The van der Waals surface area contributed by atoms with Crippen LogP contribution in [0.4, 0.5) is 8.78 Å². The average molecular weight is 414 g/mol. The lowest BCUT2D eigenvalue weighted by molar-refractivity contribution is -0.00824. The highest BCUT2D eigenvalue weighted by atomic mass is 19.1. The molecule has 3 rings (SSSR count). The van der Waals surface area contributed by atoms with Gasteiger partial charge in [0.1, 0.15) is 11.9 Å². The molecule has 1 aromatic carbocycles. The van der Waals surface area contributed by atoms with Crippen LogP contribution in [0.25, 0.3) is 0 Å². The van der Waals surface area contributed by atoms with Gasteiger partial charge in [-0.15, -0.1) is 0 Å². The molecule has 0 bridgehead atoms. The van der Waals surface area contributed by atoms with E-state index in [9.17, 15) is 8.78 Å². The second-order valence-electron chi connectivity index (χ2n) is 8.88. The molecule has 0 aliphatic heterocycles. The smallest absolute Gasteiger partial charge is 0.199 e. The molecule has 2 aliphatic carbocycles. The van der Waals surface area contributed by atoms with E-state index in [1.54, 1.807) is 18.2 Å². The molecule has 0 N–H and O–H groups in total. The Morgan fingerprint density at radius 2 is 1.67 bits per heavy atom. The number of halogens is 2. The van der Waals surface area contributed by atoms with Gasteiger partial charge in [0, 0.05) is 6.61 Å². The van der Waals surface area contributed by atoms with Gasteiger partial charge in [-0.3, -0.25) is 0 Å². The predicted octanol–water partition coefficient (Wildman–Crippen LogP) is 7.39. The van der Waals surface area contributed by atoms with Crippen LogP contribution < -0.4 is 0 Å². The highest BCUT2D eigenvalue weighted by Crippen LogP contribution is 2.37. The molecule has 0 amide bonds. The second kappa shape index (κ2) is 12.0. The topological polar surface area (TPSA) is 33.0 Å². The van der Waals surface area contributed by atoms with Crippen molar-refractivity contribution in [2.75, 3.05) is 6.61 Å². The molecule has 0 aromatic heterocycles. The summed E-state index contributed by atoms with van der Waals surface area (Å²) in [7, 11) is 0. The van der Waals surface area contributed by atoms with Crippen molar-refractivity contribution in [3.63, 3.8) is 0 Å². The quantitative estimate of drug-likeness (QED) is 0.329. The Kier molecular flexibility index (Phi) is 9.08. The number of allylic oxidation sites excluding steroid dienone is 4. The monoisotopic (exact) mass is 413 g/mol. The fraction of sp³-hybridized carbons (Fsp3) is 0.577. The molecular formula is C26H33F2NO. The van der Waals surface area contributed by atoms with Gasteiger partial charge in [0.15, 0.2) is 5.83 Å². The van der Waals surface area contributed by atoms with Gasteiger partial charge in [-0.2, -0.15) is 9.65 Å². The van der Waals surface area contributed by atoms with E-state index in [0.29, 0.717) is 17.9 Å². The van der Waals surface area contributed by atoms with Crippen molar-refractivity contribution in [2.24, 2.45) is 11.8 Å². The predicted molar refractivity (Wildman–Crippen MR) is 116 cm³/mol. The fourth-order valence-corrected chi connectivity index (χ4v) is 4.87. The SMILES string of the molecule is N#CC(F)=CC=CCCC1CCC(OCC2CCC(c3ccc(F)cc3)CC2)CC1. The number of rotatable bonds is 8. The third-order valence-electron chi connectivity index (χ3n) is 6.78. The minimum absolute atomic E-state index is 0.157. The summed E-state index contributed by atoms with van der Waals surface area (Å²) in [6.07, 6.45) is 16.7. The normalized spacial score (nSPS) is 27.8. The molecule has 0 radical (unpaired) electrons. The summed E-state index contributed by atoms with van der Waals surface area (Å²) in [6.45, 7) is 0.880. The Labute approximate surface area is 179 Å². The number of nitrogens with zero attached hydrogens (tertiary/aromatic N) is 1. The standard InChI is InChI=1S/C26H33F2NO/c27-24-14-12-23(13-15-24)22-10-6-21(7-11-22)19-30-26-16-8-20(9-17-26)4-2-1-3-5-25(28)18-29/h1,3,5,12-15,20-22,26H,2,4,6-11,16-17,19H2. The van der Waals surface area contributed by atoms with E-state index >= 15 is 0 Å². The van der Waals surface area contributed by atoms with Crippen LogP contribution in [0.15, 0.2) is 48.3 Å². The molecule has 30 heavy (non-hydrogen) atoms. The second-order valence-corrected chi connectivity index (χ2v) is 8.88. The first-order valence-electron chi connectivity index (χ1n) is 11.4. The first-order chi connectivity index (χ1) is 14.6. The van der Waals surface area contributed by atoms with Crippen molar-refractivity contribution < 1.29 is 13.5 Å². The van der Waals surface area contributed by atoms with Crippen LogP contribution in [0.2, 0.25) is 0 Å². The van der Waals surface area contributed by atoms with E-state index in [2.05, 4.69) is 0 Å². The van der Waals surface area contributed by atoms with E-state index < -0.39 is 5.83 Å². The van der Waals surface area contributed by atoms with Gasteiger partial charge in [0.2, 0.25) is 0 Å². The first-order valence-corrected chi connectivity index (χ1v) is 11.4. The van der Waals surface area contributed by atoms with Gasteiger partial charge >= 0.3 is 0 Å². The maximum absolute atomic E-state index is 13.1. The van der Waals surface area contributed by atoms with E-state index in [1.807, 2.05) is 18.2 Å². The lowest BCUT2D eigenvalue weighted by Crippen LogP contribution is -2.25. The maximum Gasteiger partial charge on any atom is 0.199 e. The number of nitriles is 1. The van der Waals surface area contributed by atoms with Gasteiger partial charge < -0.3 is 4.74 Å². The molecule has 1 aromatic rings. The van der Waals surface area contributed by atoms with Crippen LogP contribution in [-0.4, -0.2) is 12.7 Å².